The smallest absolute Gasteiger partial charge is 0.310 e. The van der Waals surface area contributed by atoms with Gasteiger partial charge < -0.3 is 13.6 Å². The first-order chi connectivity index (χ1) is 13.8. The molecule has 4 aromatic rings. The van der Waals surface area contributed by atoms with E-state index in [1.54, 1.807) is 6.26 Å². The van der Waals surface area contributed by atoms with Crippen molar-refractivity contribution in [2.75, 3.05) is 0 Å². The number of esters is 1. The zero-order valence-electron chi connectivity index (χ0n) is 15.2. The van der Waals surface area contributed by atoms with Crippen LogP contribution in [0.4, 0.5) is 0 Å². The molecule has 2 heterocycles. The zero-order chi connectivity index (χ0) is 18.9. The second kappa shape index (κ2) is 6.96. The Kier molecular flexibility index (Phi) is 4.16. The highest BCUT2D eigenvalue weighted by Gasteiger charge is 2.18. The van der Waals surface area contributed by atoms with Gasteiger partial charge in [-0.2, -0.15) is 0 Å². The van der Waals surface area contributed by atoms with Crippen molar-refractivity contribution in [1.29, 1.82) is 0 Å². The predicted octanol–water partition coefficient (Wildman–Crippen LogP) is 4.26. The summed E-state index contributed by atoms with van der Waals surface area (Å²) in [4.78, 5) is 12.3. The molecule has 0 radical (unpaired) electrons. The molecule has 0 fully saturated rings. The molecule has 0 saturated carbocycles. The maximum Gasteiger partial charge on any atom is 0.310 e. The number of hydrogen-bond acceptors (Lipinski definition) is 6. The van der Waals surface area contributed by atoms with Crippen molar-refractivity contribution in [3.05, 3.63) is 71.3 Å². The Bertz CT molecular complexity index is 1140. The van der Waals surface area contributed by atoms with Gasteiger partial charge in [0.05, 0.1) is 12.7 Å². The number of benzene rings is 2. The van der Waals surface area contributed by atoms with Gasteiger partial charge >= 0.3 is 5.97 Å². The number of carbonyl (C=O) groups is 1. The minimum absolute atomic E-state index is 0.0517. The van der Waals surface area contributed by atoms with Crippen molar-refractivity contribution < 1.29 is 18.4 Å². The molecule has 5 rings (SSSR count). The highest BCUT2D eigenvalue weighted by Crippen LogP contribution is 2.30. The minimum Gasteiger partial charge on any atom is -0.464 e. The zero-order valence-corrected chi connectivity index (χ0v) is 15.2. The van der Waals surface area contributed by atoms with E-state index in [4.69, 9.17) is 13.6 Å². The van der Waals surface area contributed by atoms with Crippen molar-refractivity contribution in [2.45, 2.75) is 32.3 Å². The Morgan fingerprint density at radius 1 is 1.07 bits per heavy atom. The molecule has 2 aromatic heterocycles. The summed E-state index contributed by atoms with van der Waals surface area (Å²) in [6.07, 6.45) is 5.14. The Labute approximate surface area is 161 Å². The number of furan rings is 1. The highest BCUT2D eigenvalue weighted by atomic mass is 16.5. The van der Waals surface area contributed by atoms with Crippen molar-refractivity contribution in [1.82, 2.24) is 10.2 Å². The van der Waals surface area contributed by atoms with Crippen molar-refractivity contribution >= 4 is 16.9 Å². The normalized spacial score (nSPS) is 13.0. The summed E-state index contributed by atoms with van der Waals surface area (Å²) in [5, 5.41) is 8.92. The fraction of sp³-hybridized carbons (Fsp3) is 0.227. The van der Waals surface area contributed by atoms with Gasteiger partial charge in [0.25, 0.3) is 5.89 Å². The third-order valence-electron chi connectivity index (χ3n) is 5.05. The third-order valence-corrected chi connectivity index (χ3v) is 5.05. The van der Waals surface area contributed by atoms with E-state index in [9.17, 15) is 4.79 Å². The van der Waals surface area contributed by atoms with E-state index in [0.717, 1.165) is 34.9 Å². The van der Waals surface area contributed by atoms with Crippen LogP contribution < -0.4 is 0 Å². The standard InChI is InChI=1S/C22H18N2O4/c25-21(27-13-20-23-24-22(28-20)14-5-2-1-3-6-14)11-17-12-26-19-10-16-8-4-7-15(16)9-18(17)19/h1-3,5-6,9-10,12H,4,7-8,11,13H2. The number of aromatic nitrogens is 2. The van der Waals surface area contributed by atoms with Gasteiger partial charge in [-0.1, -0.05) is 18.2 Å². The second-order valence-corrected chi connectivity index (χ2v) is 6.94. The van der Waals surface area contributed by atoms with E-state index in [2.05, 4.69) is 22.3 Å². The SMILES string of the molecule is O=C(Cc1coc2cc3c(cc12)CCC3)OCc1nnc(-c2ccccc2)o1. The molecule has 140 valence electrons. The Balaban J connectivity index is 1.25. The van der Waals surface area contributed by atoms with Gasteiger partial charge in [0.2, 0.25) is 5.89 Å². The summed E-state index contributed by atoms with van der Waals surface area (Å²) in [6, 6.07) is 13.7. The third kappa shape index (κ3) is 3.17. The summed E-state index contributed by atoms with van der Waals surface area (Å²) >= 11 is 0. The van der Waals surface area contributed by atoms with Crippen LogP contribution in [-0.4, -0.2) is 16.2 Å². The molecule has 1 aliphatic rings. The number of rotatable bonds is 5. The first-order valence-corrected chi connectivity index (χ1v) is 9.31. The summed E-state index contributed by atoms with van der Waals surface area (Å²) in [7, 11) is 0. The van der Waals surface area contributed by atoms with Gasteiger partial charge in [0.15, 0.2) is 6.61 Å². The molecule has 6 nitrogen and oxygen atoms in total. The molecule has 0 aliphatic heterocycles. The van der Waals surface area contributed by atoms with Gasteiger partial charge in [0.1, 0.15) is 5.58 Å². The number of fused-ring (bicyclic) bond motifs is 2. The predicted molar refractivity (Wildman–Crippen MR) is 101 cm³/mol. The van der Waals surface area contributed by atoms with E-state index in [1.165, 1.54) is 17.5 Å². The molecule has 0 N–H and O–H groups in total. The fourth-order valence-corrected chi connectivity index (χ4v) is 3.64. The lowest BCUT2D eigenvalue weighted by Gasteiger charge is -2.02. The topological polar surface area (TPSA) is 78.4 Å². The minimum atomic E-state index is -0.359. The maximum absolute atomic E-state index is 12.3. The van der Waals surface area contributed by atoms with Crippen LogP contribution in [0.5, 0.6) is 0 Å². The van der Waals surface area contributed by atoms with E-state index in [0.29, 0.717) is 5.89 Å². The van der Waals surface area contributed by atoms with E-state index >= 15 is 0 Å². The number of ether oxygens (including phenoxy) is 1. The molecule has 6 heteroatoms. The molecule has 0 bridgehead atoms. The van der Waals surface area contributed by atoms with Crippen molar-refractivity contribution in [3.8, 4) is 11.5 Å². The summed E-state index contributed by atoms with van der Waals surface area (Å²) < 4.78 is 16.5. The van der Waals surface area contributed by atoms with Gasteiger partial charge in [-0.05, 0) is 54.7 Å². The number of aryl methyl sites for hydroxylation is 2. The maximum atomic E-state index is 12.3. The van der Waals surface area contributed by atoms with Crippen molar-refractivity contribution in [2.24, 2.45) is 0 Å². The molecule has 0 unspecified atom stereocenters. The molecule has 0 spiro atoms. The second-order valence-electron chi connectivity index (χ2n) is 6.94. The Hall–Kier alpha value is -3.41. The quantitative estimate of drug-likeness (QED) is 0.486. The van der Waals surface area contributed by atoms with Crippen LogP contribution in [0.2, 0.25) is 0 Å². The largest absolute Gasteiger partial charge is 0.464 e. The molecule has 0 saturated heterocycles. The van der Waals surface area contributed by atoms with Crippen molar-refractivity contribution in [3.63, 3.8) is 0 Å². The lowest BCUT2D eigenvalue weighted by Crippen LogP contribution is -2.08. The van der Waals surface area contributed by atoms with Gasteiger partial charge in [0, 0.05) is 16.5 Å². The summed E-state index contributed by atoms with van der Waals surface area (Å²) in [5.41, 5.74) is 5.19. The molecule has 2 aromatic carbocycles. The Morgan fingerprint density at radius 2 is 1.89 bits per heavy atom. The first kappa shape index (κ1) is 16.7. The van der Waals surface area contributed by atoms with Crippen LogP contribution in [0.15, 0.2) is 57.6 Å². The van der Waals surface area contributed by atoms with Crippen LogP contribution in [0.25, 0.3) is 22.4 Å². The van der Waals surface area contributed by atoms with E-state index in [-0.39, 0.29) is 24.9 Å². The van der Waals surface area contributed by atoms with Crippen LogP contribution in [0.1, 0.15) is 29.0 Å². The molecule has 28 heavy (non-hydrogen) atoms. The van der Waals surface area contributed by atoms with Gasteiger partial charge in [-0.25, -0.2) is 0 Å². The van der Waals surface area contributed by atoms with E-state index in [1.807, 2.05) is 30.3 Å². The lowest BCUT2D eigenvalue weighted by molar-refractivity contribution is -0.144. The van der Waals surface area contributed by atoms with Crippen LogP contribution >= 0.6 is 0 Å². The fourth-order valence-electron chi connectivity index (χ4n) is 3.64. The van der Waals surface area contributed by atoms with Crippen LogP contribution in [0.3, 0.4) is 0 Å². The van der Waals surface area contributed by atoms with Gasteiger partial charge in [-0.15, -0.1) is 10.2 Å². The molecule has 0 amide bonds. The highest BCUT2D eigenvalue weighted by molar-refractivity contribution is 5.87. The number of nitrogens with zero attached hydrogens (tertiary/aromatic N) is 2. The van der Waals surface area contributed by atoms with Crippen LogP contribution in [-0.2, 0) is 35.4 Å². The average molecular weight is 374 g/mol. The summed E-state index contributed by atoms with van der Waals surface area (Å²) in [5.74, 6) is 0.311. The molecular formula is C22H18N2O4. The Morgan fingerprint density at radius 3 is 2.75 bits per heavy atom. The van der Waals surface area contributed by atoms with Crippen LogP contribution in [0, 0.1) is 0 Å². The molecule has 0 atom stereocenters. The molecule has 1 aliphatic carbocycles. The van der Waals surface area contributed by atoms with Gasteiger partial charge in [-0.3, -0.25) is 4.79 Å². The van der Waals surface area contributed by atoms with E-state index < -0.39 is 0 Å². The first-order valence-electron chi connectivity index (χ1n) is 9.31. The lowest BCUT2D eigenvalue weighted by atomic mass is 10.0. The number of hydrogen-bond donors (Lipinski definition) is 0. The number of carbonyl (C=O) groups excluding carboxylic acids is 1. The summed E-state index contributed by atoms with van der Waals surface area (Å²) in [6.45, 7) is -0.0517. The monoisotopic (exact) mass is 374 g/mol. The average Bonchev–Trinajstić information content (AvgIpc) is 3.45. The molecular weight excluding hydrogens is 356 g/mol.